The van der Waals surface area contributed by atoms with Crippen LogP contribution in [0.25, 0.3) is 11.1 Å². The molecule has 0 unspecified atom stereocenters. The lowest BCUT2D eigenvalue weighted by molar-refractivity contribution is 0.0809. The van der Waals surface area contributed by atoms with Gasteiger partial charge >= 0.3 is 0 Å². The number of ether oxygens (including phenoxy) is 1. The minimum atomic E-state index is -1.05. The predicted octanol–water partition coefficient (Wildman–Crippen LogP) is 3.41. The highest BCUT2D eigenvalue weighted by molar-refractivity contribution is 6.53. The van der Waals surface area contributed by atoms with Gasteiger partial charge in [-0.2, -0.15) is 0 Å². The molecular weight excluding hydrogens is 278 g/mol. The monoisotopic (exact) mass is 288 g/mol. The summed E-state index contributed by atoms with van der Waals surface area (Å²) < 4.78 is 33.3. The largest absolute Gasteiger partial charge is 0.491 e. The molecule has 0 atom stereocenters. The zero-order valence-electron chi connectivity index (χ0n) is 11.1. The lowest BCUT2D eigenvalue weighted by Crippen LogP contribution is -2.24. The van der Waals surface area contributed by atoms with Gasteiger partial charge in [-0.1, -0.05) is 12.1 Å². The Morgan fingerprint density at radius 1 is 0.952 bits per heavy atom. The Labute approximate surface area is 119 Å². The molecule has 3 nitrogen and oxygen atoms in total. The third kappa shape index (κ3) is 1.85. The Hall–Kier alpha value is -2.56. The standard InChI is InChI=1S/C16H10F2O3/c1-2-21-11-7-6-9-8-4-3-5-10(17)12(8)15(19)16(20)13(9)14(11)18/h3-7H,2H2,1H3. The topological polar surface area (TPSA) is 43.4 Å². The Balaban J connectivity index is 2.34. The van der Waals surface area contributed by atoms with Crippen LogP contribution < -0.4 is 4.74 Å². The maximum Gasteiger partial charge on any atom is 0.237 e. The number of halogens is 2. The minimum absolute atomic E-state index is 0.0998. The van der Waals surface area contributed by atoms with Crippen molar-refractivity contribution in [2.45, 2.75) is 6.92 Å². The summed E-state index contributed by atoms with van der Waals surface area (Å²) in [7, 11) is 0. The number of carbonyl (C=O) groups is 2. The third-order valence-corrected chi connectivity index (χ3v) is 3.37. The van der Waals surface area contributed by atoms with Crippen LogP contribution in [0.4, 0.5) is 8.78 Å². The summed E-state index contributed by atoms with van der Waals surface area (Å²) in [5.41, 5.74) is -0.241. The van der Waals surface area contributed by atoms with Gasteiger partial charge in [-0.3, -0.25) is 9.59 Å². The van der Waals surface area contributed by atoms with Crippen molar-refractivity contribution in [3.05, 3.63) is 53.1 Å². The Kier molecular flexibility index (Phi) is 3.05. The van der Waals surface area contributed by atoms with Crippen LogP contribution in [0.5, 0.6) is 5.75 Å². The first-order chi connectivity index (χ1) is 10.1. The lowest BCUT2D eigenvalue weighted by Gasteiger charge is -2.19. The molecule has 0 heterocycles. The summed E-state index contributed by atoms with van der Waals surface area (Å²) in [6, 6.07) is 6.83. The number of carbonyl (C=O) groups excluding carboxylic acids is 2. The van der Waals surface area contributed by atoms with Crippen molar-refractivity contribution in [3.63, 3.8) is 0 Å². The van der Waals surface area contributed by atoms with E-state index >= 15 is 0 Å². The zero-order chi connectivity index (χ0) is 15.1. The average Bonchev–Trinajstić information content (AvgIpc) is 2.47. The SMILES string of the molecule is CCOc1ccc2c(c1F)C(=O)C(=O)c1c(F)cccc1-2. The predicted molar refractivity (Wildman–Crippen MR) is 71.6 cm³/mol. The first kappa shape index (κ1) is 13.4. The molecule has 0 fully saturated rings. The van der Waals surface area contributed by atoms with Crippen LogP contribution in [0.2, 0.25) is 0 Å². The molecule has 0 aromatic heterocycles. The van der Waals surface area contributed by atoms with Gasteiger partial charge in [0.25, 0.3) is 0 Å². The molecule has 0 saturated heterocycles. The van der Waals surface area contributed by atoms with Gasteiger partial charge in [0.15, 0.2) is 11.6 Å². The molecule has 106 valence electrons. The Bertz CT molecular complexity index is 781. The van der Waals surface area contributed by atoms with Crippen LogP contribution in [0.1, 0.15) is 27.6 Å². The molecular formula is C16H10F2O3. The van der Waals surface area contributed by atoms with Crippen molar-refractivity contribution in [2.24, 2.45) is 0 Å². The van der Waals surface area contributed by atoms with Gasteiger partial charge in [0.05, 0.1) is 17.7 Å². The fourth-order valence-electron chi connectivity index (χ4n) is 2.48. The number of fused-ring (bicyclic) bond motifs is 3. The number of hydrogen-bond acceptors (Lipinski definition) is 3. The van der Waals surface area contributed by atoms with E-state index in [9.17, 15) is 18.4 Å². The van der Waals surface area contributed by atoms with Crippen LogP contribution in [0.15, 0.2) is 30.3 Å². The maximum absolute atomic E-state index is 14.4. The molecule has 1 aliphatic carbocycles. The second kappa shape index (κ2) is 4.77. The lowest BCUT2D eigenvalue weighted by atomic mass is 9.83. The maximum atomic E-state index is 14.4. The molecule has 2 aromatic carbocycles. The smallest absolute Gasteiger partial charge is 0.237 e. The van der Waals surface area contributed by atoms with Gasteiger partial charge < -0.3 is 4.74 Å². The van der Waals surface area contributed by atoms with Crippen LogP contribution in [0, 0.1) is 11.6 Å². The molecule has 0 spiro atoms. The van der Waals surface area contributed by atoms with Crippen molar-refractivity contribution in [3.8, 4) is 16.9 Å². The first-order valence-electron chi connectivity index (χ1n) is 6.39. The van der Waals surface area contributed by atoms with E-state index in [-0.39, 0.29) is 34.6 Å². The molecule has 0 bridgehead atoms. The molecule has 5 heteroatoms. The molecule has 0 radical (unpaired) electrons. The molecule has 2 aromatic rings. The fourth-order valence-corrected chi connectivity index (χ4v) is 2.48. The van der Waals surface area contributed by atoms with Gasteiger partial charge in [-0.05, 0) is 36.2 Å². The third-order valence-electron chi connectivity index (χ3n) is 3.37. The van der Waals surface area contributed by atoms with E-state index in [0.29, 0.717) is 0 Å². The van der Waals surface area contributed by atoms with E-state index < -0.39 is 23.2 Å². The second-order valence-corrected chi connectivity index (χ2v) is 4.55. The number of Topliss-reactive ketones (excluding diaryl/α,β-unsaturated/α-hetero) is 2. The normalized spacial score (nSPS) is 12.9. The van der Waals surface area contributed by atoms with Crippen molar-refractivity contribution in [2.75, 3.05) is 6.61 Å². The summed E-state index contributed by atoms with van der Waals surface area (Å²) in [6.07, 6.45) is 0. The summed E-state index contributed by atoms with van der Waals surface area (Å²) in [6.45, 7) is 1.90. The van der Waals surface area contributed by atoms with Crippen LogP contribution in [-0.4, -0.2) is 18.2 Å². The highest BCUT2D eigenvalue weighted by atomic mass is 19.1. The molecule has 1 aliphatic rings. The van der Waals surface area contributed by atoms with Crippen LogP contribution >= 0.6 is 0 Å². The van der Waals surface area contributed by atoms with Gasteiger partial charge in [-0.25, -0.2) is 8.78 Å². The van der Waals surface area contributed by atoms with Gasteiger partial charge in [0.2, 0.25) is 11.6 Å². The quantitative estimate of drug-likeness (QED) is 0.795. The average molecular weight is 288 g/mol. The Morgan fingerprint density at radius 2 is 1.62 bits per heavy atom. The second-order valence-electron chi connectivity index (χ2n) is 4.55. The number of ketones is 2. The summed E-state index contributed by atoms with van der Waals surface area (Å²) in [4.78, 5) is 24.1. The highest BCUT2D eigenvalue weighted by Gasteiger charge is 2.35. The molecule has 0 saturated carbocycles. The summed E-state index contributed by atoms with van der Waals surface area (Å²) in [5, 5.41) is 0. The molecule has 0 N–H and O–H groups in total. The molecule has 0 aliphatic heterocycles. The zero-order valence-corrected chi connectivity index (χ0v) is 11.1. The Morgan fingerprint density at radius 3 is 2.33 bits per heavy atom. The number of benzene rings is 2. The van der Waals surface area contributed by atoms with Crippen molar-refractivity contribution < 1.29 is 23.1 Å². The fraction of sp³-hybridized carbons (Fsp3) is 0.125. The van der Waals surface area contributed by atoms with E-state index in [2.05, 4.69) is 0 Å². The van der Waals surface area contributed by atoms with Crippen LogP contribution in [0.3, 0.4) is 0 Å². The first-order valence-corrected chi connectivity index (χ1v) is 6.39. The van der Waals surface area contributed by atoms with Crippen molar-refractivity contribution in [1.82, 2.24) is 0 Å². The highest BCUT2D eigenvalue weighted by Crippen LogP contribution is 2.38. The summed E-state index contributed by atoms with van der Waals surface area (Å²) in [5.74, 6) is -3.87. The van der Waals surface area contributed by atoms with E-state index in [1.807, 2.05) is 0 Å². The molecule has 3 rings (SSSR count). The van der Waals surface area contributed by atoms with Gasteiger partial charge in [-0.15, -0.1) is 0 Å². The van der Waals surface area contributed by atoms with Crippen LogP contribution in [-0.2, 0) is 0 Å². The van der Waals surface area contributed by atoms with E-state index in [1.165, 1.54) is 24.3 Å². The van der Waals surface area contributed by atoms with E-state index in [4.69, 9.17) is 4.74 Å². The van der Waals surface area contributed by atoms with E-state index in [0.717, 1.165) is 6.07 Å². The minimum Gasteiger partial charge on any atom is -0.491 e. The van der Waals surface area contributed by atoms with E-state index in [1.54, 1.807) is 6.92 Å². The number of rotatable bonds is 2. The van der Waals surface area contributed by atoms with Gasteiger partial charge in [0, 0.05) is 0 Å². The van der Waals surface area contributed by atoms with Gasteiger partial charge in [0.1, 0.15) is 5.82 Å². The molecule has 0 amide bonds. The molecule has 21 heavy (non-hydrogen) atoms. The number of hydrogen-bond donors (Lipinski definition) is 0. The summed E-state index contributed by atoms with van der Waals surface area (Å²) >= 11 is 0. The van der Waals surface area contributed by atoms with Crippen molar-refractivity contribution in [1.29, 1.82) is 0 Å². The van der Waals surface area contributed by atoms with Crippen molar-refractivity contribution >= 4 is 11.6 Å².